The molecule has 5 heteroatoms. The second kappa shape index (κ2) is 5.82. The number of nitrogens with zero attached hydrogens (tertiary/aromatic N) is 3. The molecule has 98 valence electrons. The van der Waals surface area contributed by atoms with E-state index in [0.29, 0.717) is 5.92 Å². The van der Waals surface area contributed by atoms with Crippen LogP contribution < -0.4 is 5.32 Å². The molecule has 0 saturated carbocycles. The Balaban J connectivity index is 1.86. The van der Waals surface area contributed by atoms with Crippen LogP contribution in [0.3, 0.4) is 0 Å². The van der Waals surface area contributed by atoms with Crippen LogP contribution in [0.4, 0.5) is 0 Å². The van der Waals surface area contributed by atoms with E-state index in [2.05, 4.69) is 29.1 Å². The molecule has 2 heterocycles. The average Bonchev–Trinajstić information content (AvgIpc) is 2.93. The Morgan fingerprint density at radius 1 is 1.39 bits per heavy atom. The highest BCUT2D eigenvalue weighted by Gasteiger charge is 2.08. The molecule has 0 amide bonds. The van der Waals surface area contributed by atoms with Crippen molar-refractivity contribution in [3.8, 4) is 11.5 Å². The van der Waals surface area contributed by atoms with Crippen LogP contribution in [0.1, 0.15) is 19.7 Å². The Labute approximate surface area is 107 Å². The highest BCUT2D eigenvalue weighted by Crippen LogP contribution is 2.17. The Bertz CT molecular complexity index is 487. The molecule has 0 radical (unpaired) electrons. The Morgan fingerprint density at radius 2 is 2.22 bits per heavy atom. The maximum absolute atomic E-state index is 5.66. The molecule has 5 nitrogen and oxygen atoms in total. The van der Waals surface area contributed by atoms with E-state index < -0.39 is 0 Å². The van der Waals surface area contributed by atoms with Gasteiger partial charge in [0.25, 0.3) is 0 Å². The summed E-state index contributed by atoms with van der Waals surface area (Å²) in [5.74, 6) is 2.15. The molecule has 0 unspecified atom stereocenters. The first-order valence-corrected chi connectivity index (χ1v) is 6.29. The number of imidazole rings is 1. The number of nitrogens with one attached hydrogen (secondary N) is 1. The molecule has 2 aromatic rings. The van der Waals surface area contributed by atoms with Gasteiger partial charge < -0.3 is 14.3 Å². The van der Waals surface area contributed by atoms with Crippen LogP contribution in [0.15, 0.2) is 23.1 Å². The zero-order valence-electron chi connectivity index (χ0n) is 11.2. The molecule has 0 aliphatic heterocycles. The van der Waals surface area contributed by atoms with Gasteiger partial charge in [-0.2, -0.15) is 0 Å². The summed E-state index contributed by atoms with van der Waals surface area (Å²) < 4.78 is 7.55. The molecule has 0 aliphatic rings. The molecule has 0 aliphatic carbocycles. The summed E-state index contributed by atoms with van der Waals surface area (Å²) in [6, 6.07) is 0. The van der Waals surface area contributed by atoms with Gasteiger partial charge in [0.05, 0.1) is 12.5 Å². The molecule has 1 N–H and O–H groups in total. The van der Waals surface area contributed by atoms with Crippen molar-refractivity contribution in [3.63, 3.8) is 0 Å². The zero-order valence-corrected chi connectivity index (χ0v) is 11.2. The molecule has 18 heavy (non-hydrogen) atoms. The predicted molar refractivity (Wildman–Crippen MR) is 70.1 cm³/mol. The third-order valence-electron chi connectivity index (χ3n) is 2.58. The molecule has 0 aromatic carbocycles. The normalized spacial score (nSPS) is 11.3. The zero-order chi connectivity index (χ0) is 13.0. The van der Waals surface area contributed by atoms with E-state index in [1.54, 1.807) is 12.5 Å². The van der Waals surface area contributed by atoms with E-state index in [0.717, 1.165) is 36.9 Å². The van der Waals surface area contributed by atoms with Crippen molar-refractivity contribution in [2.24, 2.45) is 13.0 Å². The highest BCUT2D eigenvalue weighted by molar-refractivity contribution is 5.48. The van der Waals surface area contributed by atoms with Crippen molar-refractivity contribution in [3.05, 3.63) is 24.6 Å². The highest BCUT2D eigenvalue weighted by atomic mass is 16.4. The summed E-state index contributed by atoms with van der Waals surface area (Å²) in [5.41, 5.74) is 0.825. The van der Waals surface area contributed by atoms with Gasteiger partial charge >= 0.3 is 0 Å². The number of aromatic nitrogens is 3. The summed E-state index contributed by atoms with van der Waals surface area (Å²) in [4.78, 5) is 8.50. The first-order chi connectivity index (χ1) is 8.65. The molecule has 2 rings (SSSR count). The fraction of sp³-hybridized carbons (Fsp3) is 0.538. The van der Waals surface area contributed by atoms with Gasteiger partial charge in [0.15, 0.2) is 11.7 Å². The summed E-state index contributed by atoms with van der Waals surface area (Å²) >= 11 is 0. The lowest BCUT2D eigenvalue weighted by Gasteiger charge is -2.05. The van der Waals surface area contributed by atoms with Crippen molar-refractivity contribution < 1.29 is 4.42 Å². The van der Waals surface area contributed by atoms with Crippen molar-refractivity contribution in [2.45, 2.75) is 20.3 Å². The molecule has 0 spiro atoms. The van der Waals surface area contributed by atoms with E-state index in [1.165, 1.54) is 0 Å². The van der Waals surface area contributed by atoms with Gasteiger partial charge in [-0.3, -0.25) is 0 Å². The largest absolute Gasteiger partial charge is 0.439 e. The standard InChI is InChI=1S/C13H20N4O/c1-10(2)6-14-5-4-13-15-7-12(18-13)11-8-17(3)9-16-11/h7-10,14H,4-6H2,1-3H3. The number of hydrogen-bond acceptors (Lipinski definition) is 4. The fourth-order valence-corrected chi connectivity index (χ4v) is 1.67. The first-order valence-electron chi connectivity index (χ1n) is 6.29. The molecule has 2 aromatic heterocycles. The molecule has 0 atom stereocenters. The van der Waals surface area contributed by atoms with E-state index in [9.17, 15) is 0 Å². The van der Waals surface area contributed by atoms with Crippen LogP contribution in [0.5, 0.6) is 0 Å². The van der Waals surface area contributed by atoms with Crippen molar-refractivity contribution in [2.75, 3.05) is 13.1 Å². The summed E-state index contributed by atoms with van der Waals surface area (Å²) in [6.45, 7) is 6.29. The van der Waals surface area contributed by atoms with E-state index in [1.807, 2.05) is 17.8 Å². The molecular formula is C13H20N4O. The average molecular weight is 248 g/mol. The van der Waals surface area contributed by atoms with E-state index in [-0.39, 0.29) is 0 Å². The van der Waals surface area contributed by atoms with Gasteiger partial charge in [-0.1, -0.05) is 13.8 Å². The van der Waals surface area contributed by atoms with Crippen molar-refractivity contribution in [1.29, 1.82) is 0 Å². The molecular weight excluding hydrogens is 228 g/mol. The number of rotatable bonds is 6. The van der Waals surface area contributed by atoms with Gasteiger partial charge in [-0.15, -0.1) is 0 Å². The quantitative estimate of drug-likeness (QED) is 0.793. The Morgan fingerprint density at radius 3 is 2.89 bits per heavy atom. The van der Waals surface area contributed by atoms with Gasteiger partial charge in [0.2, 0.25) is 0 Å². The van der Waals surface area contributed by atoms with Gasteiger partial charge in [0.1, 0.15) is 5.69 Å². The van der Waals surface area contributed by atoms with Crippen LogP contribution in [-0.2, 0) is 13.5 Å². The molecule has 0 bridgehead atoms. The minimum atomic E-state index is 0.665. The van der Waals surface area contributed by atoms with Gasteiger partial charge in [-0.25, -0.2) is 9.97 Å². The minimum Gasteiger partial charge on any atom is -0.439 e. The number of hydrogen-bond donors (Lipinski definition) is 1. The van der Waals surface area contributed by atoms with Crippen LogP contribution >= 0.6 is 0 Å². The topological polar surface area (TPSA) is 55.9 Å². The fourth-order valence-electron chi connectivity index (χ4n) is 1.67. The SMILES string of the molecule is CC(C)CNCCc1ncc(-c2cn(C)cn2)o1. The summed E-state index contributed by atoms with van der Waals surface area (Å²) in [7, 11) is 1.93. The minimum absolute atomic E-state index is 0.665. The number of aryl methyl sites for hydroxylation is 1. The second-order valence-corrected chi connectivity index (χ2v) is 4.89. The second-order valence-electron chi connectivity index (χ2n) is 4.89. The first kappa shape index (κ1) is 12.8. The van der Waals surface area contributed by atoms with Crippen molar-refractivity contribution in [1.82, 2.24) is 19.9 Å². The summed E-state index contributed by atoms with van der Waals surface area (Å²) in [5, 5.41) is 3.37. The van der Waals surface area contributed by atoms with Crippen LogP contribution in [0.2, 0.25) is 0 Å². The Kier molecular flexibility index (Phi) is 4.15. The third kappa shape index (κ3) is 3.43. The summed E-state index contributed by atoms with van der Waals surface area (Å²) in [6.07, 6.45) is 6.21. The molecule has 0 fully saturated rings. The van der Waals surface area contributed by atoms with E-state index in [4.69, 9.17) is 4.42 Å². The Hall–Kier alpha value is -1.62. The van der Waals surface area contributed by atoms with Crippen LogP contribution in [0, 0.1) is 5.92 Å². The predicted octanol–water partition coefficient (Wildman–Crippen LogP) is 1.86. The van der Waals surface area contributed by atoms with Crippen LogP contribution in [-0.4, -0.2) is 27.6 Å². The smallest absolute Gasteiger partial charge is 0.196 e. The third-order valence-corrected chi connectivity index (χ3v) is 2.58. The lowest BCUT2D eigenvalue weighted by molar-refractivity contribution is 0.482. The number of oxazole rings is 1. The monoisotopic (exact) mass is 248 g/mol. The maximum atomic E-state index is 5.66. The van der Waals surface area contributed by atoms with Crippen LogP contribution in [0.25, 0.3) is 11.5 Å². The van der Waals surface area contributed by atoms with Gasteiger partial charge in [0, 0.05) is 26.2 Å². The molecule has 0 saturated heterocycles. The van der Waals surface area contributed by atoms with E-state index >= 15 is 0 Å². The lowest BCUT2D eigenvalue weighted by Crippen LogP contribution is -2.22. The van der Waals surface area contributed by atoms with Gasteiger partial charge in [-0.05, 0) is 12.5 Å². The van der Waals surface area contributed by atoms with Crippen molar-refractivity contribution >= 4 is 0 Å². The maximum Gasteiger partial charge on any atom is 0.196 e. The lowest BCUT2D eigenvalue weighted by atomic mass is 10.2.